The largest absolute Gasteiger partial charge is 0.489 e. The fourth-order valence-electron chi connectivity index (χ4n) is 4.81. The van der Waals surface area contributed by atoms with E-state index >= 15 is 0 Å². The molecule has 1 aliphatic heterocycles. The minimum absolute atomic E-state index is 0.161. The lowest BCUT2D eigenvalue weighted by molar-refractivity contribution is -0.122. The van der Waals surface area contributed by atoms with Crippen LogP contribution in [0.25, 0.3) is 11.8 Å². The lowest BCUT2D eigenvalue weighted by Gasteiger charge is -2.27. The van der Waals surface area contributed by atoms with Gasteiger partial charge in [0.1, 0.15) is 17.9 Å². The molecule has 4 aromatic rings. The zero-order valence-corrected chi connectivity index (χ0v) is 23.3. The molecule has 8 nitrogen and oxygen atoms in total. The van der Waals surface area contributed by atoms with Gasteiger partial charge in [0, 0.05) is 27.7 Å². The van der Waals surface area contributed by atoms with E-state index in [1.807, 2.05) is 66.9 Å². The van der Waals surface area contributed by atoms with E-state index in [9.17, 15) is 19.6 Å². The van der Waals surface area contributed by atoms with Gasteiger partial charge in [0.2, 0.25) is 0 Å². The summed E-state index contributed by atoms with van der Waals surface area (Å²) in [5.41, 5.74) is 5.28. The van der Waals surface area contributed by atoms with Crippen LogP contribution < -0.4 is 15.0 Å². The summed E-state index contributed by atoms with van der Waals surface area (Å²) in [6.07, 6.45) is 1.50. The predicted octanol–water partition coefficient (Wildman–Crippen LogP) is 6.17. The van der Waals surface area contributed by atoms with Crippen molar-refractivity contribution in [3.05, 3.63) is 117 Å². The molecule has 0 saturated carbocycles. The van der Waals surface area contributed by atoms with Crippen molar-refractivity contribution in [3.8, 4) is 17.5 Å². The molecule has 3 aromatic carbocycles. The highest BCUT2D eigenvalue weighted by atomic mass is 35.5. The van der Waals surface area contributed by atoms with Crippen LogP contribution in [0.2, 0.25) is 5.02 Å². The van der Waals surface area contributed by atoms with Crippen molar-refractivity contribution >= 4 is 41.2 Å². The monoisotopic (exact) mass is 564 g/mol. The van der Waals surface area contributed by atoms with E-state index in [-0.39, 0.29) is 12.2 Å². The number of urea groups is 1. The molecule has 0 aliphatic carbocycles. The Balaban J connectivity index is 1.41. The van der Waals surface area contributed by atoms with Crippen molar-refractivity contribution < 1.29 is 19.1 Å². The van der Waals surface area contributed by atoms with Crippen LogP contribution in [0, 0.1) is 32.1 Å². The maximum Gasteiger partial charge on any atom is 0.335 e. The van der Waals surface area contributed by atoms with Gasteiger partial charge in [-0.1, -0.05) is 35.9 Å². The number of ether oxygens (including phenoxy) is 1. The molecule has 1 fully saturated rings. The molecule has 4 amide bonds. The van der Waals surface area contributed by atoms with Gasteiger partial charge in [0.15, 0.2) is 0 Å². The number of imide groups is 2. The number of aryl methyl sites for hydroxylation is 1. The number of barbiturate groups is 1. The standard InChI is InChI=1S/C32H25ClN4O4/c1-19-15-24(16-27-30(38)35-32(40)37(31(27)39)29-10-6-9-28(33)20(29)2)21(3)36(19)25-11-13-26(14-12-25)41-18-23-8-5-4-7-22(23)17-34/h4-16H,18H2,1-3H3,(H,35,38,40)/b27-16+. The number of carbonyl (C=O) groups is 3. The third-order valence-electron chi connectivity index (χ3n) is 6.98. The van der Waals surface area contributed by atoms with Crippen LogP contribution in [-0.2, 0) is 16.2 Å². The van der Waals surface area contributed by atoms with Gasteiger partial charge in [0.25, 0.3) is 11.8 Å². The molecule has 0 atom stereocenters. The number of nitrogens with zero attached hydrogens (tertiary/aromatic N) is 3. The predicted molar refractivity (Wildman–Crippen MR) is 156 cm³/mol. The van der Waals surface area contributed by atoms with E-state index in [1.54, 1.807) is 31.2 Å². The average Bonchev–Trinajstić information content (AvgIpc) is 3.24. The Morgan fingerprint density at radius 2 is 1.71 bits per heavy atom. The molecule has 2 heterocycles. The van der Waals surface area contributed by atoms with E-state index in [2.05, 4.69) is 11.4 Å². The summed E-state index contributed by atoms with van der Waals surface area (Å²) >= 11 is 6.22. The minimum Gasteiger partial charge on any atom is -0.489 e. The Bertz CT molecular complexity index is 1780. The van der Waals surface area contributed by atoms with Gasteiger partial charge in [-0.05, 0) is 86.5 Å². The van der Waals surface area contributed by atoms with Gasteiger partial charge in [0.05, 0.1) is 17.3 Å². The second-order valence-electron chi connectivity index (χ2n) is 9.56. The highest BCUT2D eigenvalue weighted by Crippen LogP contribution is 2.31. The summed E-state index contributed by atoms with van der Waals surface area (Å²) in [7, 11) is 0. The fourth-order valence-corrected chi connectivity index (χ4v) is 4.98. The second kappa shape index (κ2) is 11.2. The topological polar surface area (TPSA) is 104 Å². The zero-order valence-electron chi connectivity index (χ0n) is 22.6. The molecule has 5 rings (SSSR count). The Morgan fingerprint density at radius 3 is 2.44 bits per heavy atom. The van der Waals surface area contributed by atoms with Crippen molar-refractivity contribution in [1.29, 1.82) is 5.26 Å². The number of halogens is 1. The van der Waals surface area contributed by atoms with Crippen molar-refractivity contribution in [2.75, 3.05) is 4.90 Å². The third kappa shape index (κ3) is 5.23. The van der Waals surface area contributed by atoms with E-state index in [0.29, 0.717) is 33.1 Å². The summed E-state index contributed by atoms with van der Waals surface area (Å²) in [4.78, 5) is 39.8. The lowest BCUT2D eigenvalue weighted by atomic mass is 10.1. The molecule has 0 unspecified atom stereocenters. The van der Waals surface area contributed by atoms with Crippen LogP contribution in [0.5, 0.6) is 5.75 Å². The van der Waals surface area contributed by atoms with Crippen LogP contribution in [0.1, 0.15) is 33.6 Å². The fraction of sp³-hybridized carbons (Fsp3) is 0.125. The molecule has 0 spiro atoms. The molecule has 1 aromatic heterocycles. The minimum atomic E-state index is -0.827. The molecule has 204 valence electrons. The number of carbonyl (C=O) groups excluding carboxylic acids is 3. The lowest BCUT2D eigenvalue weighted by Crippen LogP contribution is -2.54. The van der Waals surface area contributed by atoms with Crippen LogP contribution >= 0.6 is 11.6 Å². The average molecular weight is 565 g/mol. The van der Waals surface area contributed by atoms with Crippen LogP contribution in [-0.4, -0.2) is 22.4 Å². The van der Waals surface area contributed by atoms with Crippen molar-refractivity contribution in [1.82, 2.24) is 9.88 Å². The first-order valence-electron chi connectivity index (χ1n) is 12.8. The molecule has 1 N–H and O–H groups in total. The van der Waals surface area contributed by atoms with E-state index in [1.165, 1.54) is 6.08 Å². The van der Waals surface area contributed by atoms with Gasteiger partial charge in [-0.3, -0.25) is 14.9 Å². The quantitative estimate of drug-likeness (QED) is 0.223. The number of nitriles is 1. The zero-order chi connectivity index (χ0) is 29.3. The van der Waals surface area contributed by atoms with Crippen molar-refractivity contribution in [2.45, 2.75) is 27.4 Å². The summed E-state index contributed by atoms with van der Waals surface area (Å²) < 4.78 is 7.89. The van der Waals surface area contributed by atoms with E-state index < -0.39 is 17.8 Å². The first-order chi connectivity index (χ1) is 19.7. The SMILES string of the molecule is Cc1c(Cl)cccc1N1C(=O)NC(=O)/C(=C\c2cc(C)n(-c3ccc(OCc4ccccc4C#N)cc3)c2C)C1=O. The molecule has 1 aliphatic rings. The summed E-state index contributed by atoms with van der Waals surface area (Å²) in [5, 5.41) is 11.9. The first kappa shape index (κ1) is 27.4. The number of benzene rings is 3. The van der Waals surface area contributed by atoms with Gasteiger partial charge in [-0.2, -0.15) is 5.26 Å². The summed E-state index contributed by atoms with van der Waals surface area (Å²) in [5.74, 6) is -0.842. The second-order valence-corrected chi connectivity index (χ2v) is 9.96. The molecule has 1 saturated heterocycles. The van der Waals surface area contributed by atoms with Gasteiger partial charge in [-0.25, -0.2) is 9.69 Å². The Morgan fingerprint density at radius 1 is 0.976 bits per heavy atom. The van der Waals surface area contributed by atoms with Crippen LogP contribution in [0.15, 0.2) is 78.4 Å². The van der Waals surface area contributed by atoms with E-state index in [0.717, 1.165) is 27.5 Å². The molecular formula is C32H25ClN4O4. The normalized spacial score (nSPS) is 14.3. The summed E-state index contributed by atoms with van der Waals surface area (Å²) in [6.45, 7) is 5.78. The number of hydrogen-bond acceptors (Lipinski definition) is 5. The molecular weight excluding hydrogens is 540 g/mol. The Hall–Kier alpha value is -5.13. The molecule has 9 heteroatoms. The molecule has 0 radical (unpaired) electrons. The van der Waals surface area contributed by atoms with Crippen molar-refractivity contribution in [2.24, 2.45) is 0 Å². The van der Waals surface area contributed by atoms with Gasteiger partial charge < -0.3 is 9.30 Å². The van der Waals surface area contributed by atoms with Crippen molar-refractivity contribution in [3.63, 3.8) is 0 Å². The number of aromatic nitrogens is 1. The van der Waals surface area contributed by atoms with Crippen LogP contribution in [0.4, 0.5) is 10.5 Å². The molecule has 41 heavy (non-hydrogen) atoms. The molecule has 0 bridgehead atoms. The highest BCUT2D eigenvalue weighted by Gasteiger charge is 2.37. The summed E-state index contributed by atoms with van der Waals surface area (Å²) in [6, 6.07) is 22.9. The van der Waals surface area contributed by atoms with E-state index in [4.69, 9.17) is 16.3 Å². The number of hydrogen-bond donors (Lipinski definition) is 1. The highest BCUT2D eigenvalue weighted by molar-refractivity contribution is 6.40. The Labute approximate surface area is 242 Å². The number of amides is 4. The smallest absolute Gasteiger partial charge is 0.335 e. The number of anilines is 1. The third-order valence-corrected chi connectivity index (χ3v) is 7.39. The number of nitrogens with one attached hydrogen (secondary N) is 1. The maximum absolute atomic E-state index is 13.4. The van der Waals surface area contributed by atoms with Gasteiger partial charge >= 0.3 is 6.03 Å². The first-order valence-corrected chi connectivity index (χ1v) is 13.1. The van der Waals surface area contributed by atoms with Gasteiger partial charge in [-0.15, -0.1) is 0 Å². The maximum atomic E-state index is 13.4. The Kier molecular flexibility index (Phi) is 7.47. The van der Waals surface area contributed by atoms with Crippen LogP contribution in [0.3, 0.4) is 0 Å². The number of rotatable bonds is 6.